The Morgan fingerprint density at radius 2 is 1.76 bits per heavy atom. The Bertz CT molecular complexity index is 898. The number of carbonyl (C=O) groups is 1. The first-order chi connectivity index (χ1) is 11.8. The topological polar surface area (TPSA) is 99.1 Å². The van der Waals surface area contributed by atoms with Crippen LogP contribution < -0.4 is 10.0 Å². The van der Waals surface area contributed by atoms with E-state index in [1.807, 2.05) is 19.9 Å². The van der Waals surface area contributed by atoms with E-state index in [2.05, 4.69) is 10.0 Å². The predicted molar refractivity (Wildman–Crippen MR) is 95.6 cm³/mol. The van der Waals surface area contributed by atoms with Gasteiger partial charge >= 0.3 is 0 Å². The quantitative estimate of drug-likeness (QED) is 0.830. The molecule has 0 aliphatic carbocycles. The van der Waals surface area contributed by atoms with Gasteiger partial charge in [-0.25, -0.2) is 13.1 Å². The number of nitrogens with zero attached hydrogens (tertiary/aromatic N) is 1. The number of anilines is 1. The van der Waals surface area contributed by atoms with Gasteiger partial charge in [0, 0.05) is 12.1 Å². The number of nitrogens with one attached hydrogen (secondary N) is 2. The van der Waals surface area contributed by atoms with Gasteiger partial charge in [0.05, 0.1) is 16.1 Å². The van der Waals surface area contributed by atoms with Gasteiger partial charge in [0.25, 0.3) is 5.91 Å². The molecule has 7 heteroatoms. The van der Waals surface area contributed by atoms with E-state index in [-0.39, 0.29) is 10.8 Å². The van der Waals surface area contributed by atoms with Crippen LogP contribution in [-0.4, -0.2) is 20.9 Å². The van der Waals surface area contributed by atoms with Gasteiger partial charge < -0.3 is 5.32 Å². The van der Waals surface area contributed by atoms with Crippen molar-refractivity contribution in [3.05, 3.63) is 59.7 Å². The third-order valence-corrected chi connectivity index (χ3v) is 4.84. The highest BCUT2D eigenvalue weighted by molar-refractivity contribution is 7.89. The summed E-state index contributed by atoms with van der Waals surface area (Å²) in [6.07, 6.45) is 0. The summed E-state index contributed by atoms with van der Waals surface area (Å²) in [5.74, 6) is -0.221. The monoisotopic (exact) mass is 357 g/mol. The molecule has 0 heterocycles. The minimum absolute atomic E-state index is 0.0992. The number of hydrogen-bond acceptors (Lipinski definition) is 4. The molecular weight excluding hydrogens is 338 g/mol. The summed E-state index contributed by atoms with van der Waals surface area (Å²) in [5.41, 5.74) is 1.06. The molecule has 0 unspecified atom stereocenters. The molecule has 0 radical (unpaired) electrons. The Kier molecular flexibility index (Phi) is 5.91. The molecule has 0 bridgehead atoms. The van der Waals surface area contributed by atoms with E-state index in [0.29, 0.717) is 23.4 Å². The Hall–Kier alpha value is -2.69. The predicted octanol–water partition coefficient (Wildman–Crippen LogP) is 2.74. The van der Waals surface area contributed by atoms with Gasteiger partial charge in [0.2, 0.25) is 10.0 Å². The van der Waals surface area contributed by atoms with Crippen molar-refractivity contribution in [2.24, 2.45) is 5.92 Å². The molecule has 6 nitrogen and oxygen atoms in total. The van der Waals surface area contributed by atoms with Crippen LogP contribution in [0.1, 0.15) is 29.8 Å². The summed E-state index contributed by atoms with van der Waals surface area (Å²) in [6.45, 7) is 4.17. The third kappa shape index (κ3) is 4.89. The minimum Gasteiger partial charge on any atom is -0.321 e. The molecule has 0 saturated carbocycles. The van der Waals surface area contributed by atoms with Crippen LogP contribution >= 0.6 is 0 Å². The molecule has 0 atom stereocenters. The standard InChI is InChI=1S/C18H19N3O3S/c1-13(2)12-20-25(23,24)16-9-7-14(8-10-16)18(22)21-17-6-4-3-5-15(17)11-19/h3-10,13,20H,12H2,1-2H3,(H,21,22). The second-order valence-electron chi connectivity index (χ2n) is 5.88. The number of hydrogen-bond donors (Lipinski definition) is 2. The van der Waals surface area contributed by atoms with Gasteiger partial charge in [-0.2, -0.15) is 5.26 Å². The van der Waals surface area contributed by atoms with Gasteiger partial charge in [-0.05, 0) is 42.3 Å². The number of nitriles is 1. The van der Waals surface area contributed by atoms with Crippen LogP contribution in [0.3, 0.4) is 0 Å². The van der Waals surface area contributed by atoms with Gasteiger partial charge in [0.1, 0.15) is 6.07 Å². The average molecular weight is 357 g/mol. The Balaban J connectivity index is 2.14. The van der Waals surface area contributed by atoms with Crippen molar-refractivity contribution in [3.63, 3.8) is 0 Å². The molecule has 0 fully saturated rings. The molecule has 0 aromatic heterocycles. The number of amides is 1. The molecular formula is C18H19N3O3S. The summed E-state index contributed by atoms with van der Waals surface area (Å²) in [4.78, 5) is 12.4. The lowest BCUT2D eigenvalue weighted by Gasteiger charge is -2.10. The second kappa shape index (κ2) is 7.92. The van der Waals surface area contributed by atoms with Crippen molar-refractivity contribution in [2.45, 2.75) is 18.7 Å². The van der Waals surface area contributed by atoms with E-state index < -0.39 is 15.9 Å². The number of para-hydroxylation sites is 1. The van der Waals surface area contributed by atoms with E-state index >= 15 is 0 Å². The summed E-state index contributed by atoms with van der Waals surface area (Å²) >= 11 is 0. The first kappa shape index (κ1) is 18.6. The van der Waals surface area contributed by atoms with Crippen LogP contribution in [0.5, 0.6) is 0 Å². The minimum atomic E-state index is -3.59. The average Bonchev–Trinajstić information content (AvgIpc) is 2.60. The van der Waals surface area contributed by atoms with Gasteiger partial charge in [-0.3, -0.25) is 4.79 Å². The molecule has 2 rings (SSSR count). The Morgan fingerprint density at radius 1 is 1.12 bits per heavy atom. The highest BCUT2D eigenvalue weighted by Gasteiger charge is 2.15. The fourth-order valence-corrected chi connectivity index (χ4v) is 3.24. The molecule has 1 amide bonds. The van der Waals surface area contributed by atoms with Crippen molar-refractivity contribution < 1.29 is 13.2 Å². The van der Waals surface area contributed by atoms with Crippen LogP contribution in [0.4, 0.5) is 5.69 Å². The number of sulfonamides is 1. The first-order valence-corrected chi connectivity index (χ1v) is 9.22. The molecule has 25 heavy (non-hydrogen) atoms. The van der Waals surface area contributed by atoms with Crippen molar-refractivity contribution in [2.75, 3.05) is 11.9 Å². The summed E-state index contributed by atoms with van der Waals surface area (Å²) < 4.78 is 26.8. The lowest BCUT2D eigenvalue weighted by atomic mass is 10.1. The fraction of sp³-hybridized carbons (Fsp3) is 0.222. The lowest BCUT2D eigenvalue weighted by molar-refractivity contribution is 0.102. The van der Waals surface area contributed by atoms with Gasteiger partial charge in [-0.1, -0.05) is 26.0 Å². The molecule has 0 spiro atoms. The molecule has 0 aliphatic heterocycles. The van der Waals surface area contributed by atoms with Crippen LogP contribution in [-0.2, 0) is 10.0 Å². The van der Waals surface area contributed by atoms with E-state index in [4.69, 9.17) is 5.26 Å². The normalized spacial score (nSPS) is 11.1. The van der Waals surface area contributed by atoms with Crippen molar-refractivity contribution in [3.8, 4) is 6.07 Å². The number of carbonyl (C=O) groups excluding carboxylic acids is 1. The highest BCUT2D eigenvalue weighted by atomic mass is 32.2. The Morgan fingerprint density at radius 3 is 2.36 bits per heavy atom. The van der Waals surface area contributed by atoms with Crippen LogP contribution in [0, 0.1) is 17.2 Å². The van der Waals surface area contributed by atoms with Gasteiger partial charge in [-0.15, -0.1) is 0 Å². The second-order valence-corrected chi connectivity index (χ2v) is 7.65. The SMILES string of the molecule is CC(C)CNS(=O)(=O)c1ccc(C(=O)Nc2ccccc2C#N)cc1. The fourth-order valence-electron chi connectivity index (χ4n) is 2.03. The summed E-state index contributed by atoms with van der Waals surface area (Å²) in [6, 6.07) is 14.3. The number of rotatable bonds is 6. The van der Waals surface area contributed by atoms with Gasteiger partial charge in [0.15, 0.2) is 0 Å². The summed E-state index contributed by atoms with van der Waals surface area (Å²) in [7, 11) is -3.59. The van der Waals surface area contributed by atoms with Crippen LogP contribution in [0.2, 0.25) is 0 Å². The molecule has 2 N–H and O–H groups in total. The molecule has 0 aliphatic rings. The van der Waals surface area contributed by atoms with Crippen molar-refractivity contribution >= 4 is 21.6 Å². The summed E-state index contributed by atoms with van der Waals surface area (Å²) in [5, 5.41) is 11.7. The van der Waals surface area contributed by atoms with Crippen LogP contribution in [0.15, 0.2) is 53.4 Å². The van der Waals surface area contributed by atoms with Crippen molar-refractivity contribution in [1.82, 2.24) is 4.72 Å². The van der Waals surface area contributed by atoms with E-state index in [1.165, 1.54) is 24.3 Å². The molecule has 2 aromatic carbocycles. The zero-order valence-electron chi connectivity index (χ0n) is 14.0. The maximum absolute atomic E-state index is 12.3. The molecule has 0 saturated heterocycles. The zero-order chi connectivity index (χ0) is 18.4. The van der Waals surface area contributed by atoms with E-state index in [1.54, 1.807) is 24.3 Å². The van der Waals surface area contributed by atoms with Crippen LogP contribution in [0.25, 0.3) is 0 Å². The van der Waals surface area contributed by atoms with E-state index in [9.17, 15) is 13.2 Å². The number of benzene rings is 2. The first-order valence-electron chi connectivity index (χ1n) is 7.73. The smallest absolute Gasteiger partial charge is 0.255 e. The largest absolute Gasteiger partial charge is 0.321 e. The Labute approximate surface area is 147 Å². The molecule has 2 aromatic rings. The third-order valence-electron chi connectivity index (χ3n) is 3.40. The van der Waals surface area contributed by atoms with E-state index in [0.717, 1.165) is 0 Å². The lowest BCUT2D eigenvalue weighted by Crippen LogP contribution is -2.27. The zero-order valence-corrected chi connectivity index (χ0v) is 14.8. The maximum Gasteiger partial charge on any atom is 0.255 e. The molecule has 130 valence electrons. The highest BCUT2D eigenvalue weighted by Crippen LogP contribution is 2.16. The van der Waals surface area contributed by atoms with Crippen molar-refractivity contribution in [1.29, 1.82) is 5.26 Å². The maximum atomic E-state index is 12.3.